The van der Waals surface area contributed by atoms with E-state index in [1.807, 2.05) is 6.54 Å². The minimum Gasteiger partial charge on any atom is -0.308 e. The quantitative estimate of drug-likeness (QED) is 0.344. The molecule has 0 aromatic rings. The summed E-state index contributed by atoms with van der Waals surface area (Å²) in [5.41, 5.74) is 0.116. The molecule has 1 radical (unpaired) electrons. The van der Waals surface area contributed by atoms with Gasteiger partial charge in [0.2, 0.25) is 0 Å². The molecule has 2 N–H and O–H groups in total. The van der Waals surface area contributed by atoms with Gasteiger partial charge in [0.1, 0.15) is 0 Å². The normalized spacial score (nSPS) is 33.0. The summed E-state index contributed by atoms with van der Waals surface area (Å²) in [6, 6.07) is 0. The van der Waals surface area contributed by atoms with Crippen molar-refractivity contribution in [3.05, 3.63) is 6.54 Å². The Bertz CT molecular complexity index is 51.7. The van der Waals surface area contributed by atoms with E-state index in [2.05, 4.69) is 10.6 Å². The summed E-state index contributed by atoms with van der Waals surface area (Å²) in [4.78, 5) is 0. The first-order valence-corrected chi connectivity index (χ1v) is 2.76. The average Bonchev–Trinajstić information content (AvgIpc) is 1.69. The fraction of sp³-hybridized carbons (Fsp3) is 0.750. The third-order valence-electron chi connectivity index (χ3n) is 0.883. The predicted octanol–water partition coefficient (Wildman–Crippen LogP) is -0.0941. The second-order valence-electron chi connectivity index (χ2n) is 1.49. The summed E-state index contributed by atoms with van der Waals surface area (Å²) in [6.45, 7) is 3.66. The van der Waals surface area contributed by atoms with Crippen LogP contribution in [0.25, 0.3) is 0 Å². The van der Waals surface area contributed by atoms with E-state index in [0.29, 0.717) is 0 Å². The first kappa shape index (κ1) is 5.35. The Morgan fingerprint density at radius 3 is 2.86 bits per heavy atom. The highest BCUT2D eigenvalue weighted by molar-refractivity contribution is 6.20. The van der Waals surface area contributed by atoms with Crippen LogP contribution in [0.4, 0.5) is 0 Å². The molecular formula is C4H8ClN2. The van der Waals surface area contributed by atoms with Crippen LogP contribution < -0.4 is 10.6 Å². The molecule has 0 spiro atoms. The van der Waals surface area contributed by atoms with E-state index in [4.69, 9.17) is 11.6 Å². The molecule has 0 aliphatic carbocycles. The highest BCUT2D eigenvalue weighted by Crippen LogP contribution is 1.91. The van der Waals surface area contributed by atoms with E-state index in [9.17, 15) is 0 Å². The zero-order valence-corrected chi connectivity index (χ0v) is 4.70. The number of rotatable bonds is 0. The van der Waals surface area contributed by atoms with Gasteiger partial charge in [-0.2, -0.15) is 0 Å². The van der Waals surface area contributed by atoms with Crippen LogP contribution in [0, 0.1) is 6.54 Å². The fourth-order valence-corrected chi connectivity index (χ4v) is 0.696. The maximum Gasteiger partial charge on any atom is 0.0952 e. The van der Waals surface area contributed by atoms with Crippen LogP contribution in [0.3, 0.4) is 0 Å². The molecule has 0 amide bonds. The molecule has 3 heteroatoms. The van der Waals surface area contributed by atoms with Crippen LogP contribution in [0.15, 0.2) is 0 Å². The molecular weight excluding hydrogens is 112 g/mol. The van der Waals surface area contributed by atoms with Crippen LogP contribution in [-0.4, -0.2) is 18.6 Å². The van der Waals surface area contributed by atoms with Crippen LogP contribution >= 0.6 is 11.6 Å². The Kier molecular flexibility index (Phi) is 1.91. The number of nitrogens with one attached hydrogen (secondary N) is 2. The Balaban J connectivity index is 2.12. The molecule has 1 fully saturated rings. The molecule has 1 aliphatic rings. The molecule has 7 heavy (non-hydrogen) atoms. The lowest BCUT2D eigenvalue weighted by molar-refractivity contribution is 0.553. The Labute approximate surface area is 48.2 Å². The predicted molar refractivity (Wildman–Crippen MR) is 29.9 cm³/mol. The van der Waals surface area contributed by atoms with E-state index in [1.165, 1.54) is 0 Å². The van der Waals surface area contributed by atoms with Gasteiger partial charge in [-0.05, 0) is 0 Å². The van der Waals surface area contributed by atoms with Crippen molar-refractivity contribution >= 4 is 11.6 Å². The second-order valence-corrected chi connectivity index (χ2v) is 2.01. The van der Waals surface area contributed by atoms with Gasteiger partial charge in [-0.3, -0.25) is 5.32 Å². The monoisotopic (exact) mass is 119 g/mol. The number of piperazine rings is 1. The van der Waals surface area contributed by atoms with E-state index in [1.54, 1.807) is 0 Å². The van der Waals surface area contributed by atoms with Gasteiger partial charge >= 0.3 is 0 Å². The number of hydrogen-bond acceptors (Lipinski definition) is 2. The van der Waals surface area contributed by atoms with E-state index in [-0.39, 0.29) is 5.50 Å². The largest absolute Gasteiger partial charge is 0.308 e. The lowest BCUT2D eigenvalue weighted by Gasteiger charge is -2.17. The van der Waals surface area contributed by atoms with Crippen molar-refractivity contribution in [1.29, 1.82) is 0 Å². The topological polar surface area (TPSA) is 24.1 Å². The standard InChI is InChI=1S/C4H8ClN2/c5-4-3-6-1-2-7-4/h1,4,6-7H,2-3H2. The summed E-state index contributed by atoms with van der Waals surface area (Å²) in [7, 11) is 0. The molecule has 1 aliphatic heterocycles. The lowest BCUT2D eigenvalue weighted by Crippen LogP contribution is -2.42. The molecule has 0 aromatic heterocycles. The van der Waals surface area contributed by atoms with Gasteiger partial charge in [-0.25, -0.2) is 0 Å². The maximum atomic E-state index is 5.62. The molecule has 0 bridgehead atoms. The molecule has 0 saturated carbocycles. The van der Waals surface area contributed by atoms with Crippen molar-refractivity contribution in [1.82, 2.24) is 10.6 Å². The van der Waals surface area contributed by atoms with Gasteiger partial charge in [0, 0.05) is 19.6 Å². The van der Waals surface area contributed by atoms with E-state index >= 15 is 0 Å². The SMILES string of the molecule is ClC1CN[CH]CN1. The van der Waals surface area contributed by atoms with E-state index in [0.717, 1.165) is 13.1 Å². The third-order valence-corrected chi connectivity index (χ3v) is 1.19. The highest BCUT2D eigenvalue weighted by atomic mass is 35.5. The summed E-state index contributed by atoms with van der Waals surface area (Å²) in [5, 5.41) is 6.04. The van der Waals surface area contributed by atoms with Gasteiger partial charge in [-0.1, -0.05) is 0 Å². The van der Waals surface area contributed by atoms with Gasteiger partial charge in [0.25, 0.3) is 0 Å². The zero-order chi connectivity index (χ0) is 5.11. The first-order chi connectivity index (χ1) is 3.39. The van der Waals surface area contributed by atoms with Crippen molar-refractivity contribution in [2.45, 2.75) is 5.50 Å². The molecule has 1 rings (SSSR count). The van der Waals surface area contributed by atoms with Crippen LogP contribution in [-0.2, 0) is 0 Å². The highest BCUT2D eigenvalue weighted by Gasteiger charge is 2.05. The molecule has 1 atom stereocenters. The van der Waals surface area contributed by atoms with Gasteiger partial charge in [0.15, 0.2) is 0 Å². The molecule has 1 saturated heterocycles. The van der Waals surface area contributed by atoms with Crippen molar-refractivity contribution in [3.63, 3.8) is 0 Å². The molecule has 1 heterocycles. The van der Waals surface area contributed by atoms with Crippen LogP contribution in [0.5, 0.6) is 0 Å². The third kappa shape index (κ3) is 1.63. The van der Waals surface area contributed by atoms with Crippen molar-refractivity contribution in [2.24, 2.45) is 0 Å². The number of alkyl halides is 1. The summed E-state index contributed by atoms with van der Waals surface area (Å²) in [5.74, 6) is 0. The number of hydrogen-bond donors (Lipinski definition) is 2. The Morgan fingerprint density at radius 2 is 2.57 bits per heavy atom. The second kappa shape index (κ2) is 2.50. The van der Waals surface area contributed by atoms with Crippen molar-refractivity contribution in [2.75, 3.05) is 13.1 Å². The lowest BCUT2D eigenvalue weighted by atomic mass is 10.4. The Hall–Kier alpha value is 0.210. The van der Waals surface area contributed by atoms with Crippen molar-refractivity contribution < 1.29 is 0 Å². The average molecular weight is 120 g/mol. The van der Waals surface area contributed by atoms with Gasteiger partial charge in [0.05, 0.1) is 5.50 Å². The van der Waals surface area contributed by atoms with Crippen LogP contribution in [0.1, 0.15) is 0 Å². The first-order valence-electron chi connectivity index (χ1n) is 2.32. The maximum absolute atomic E-state index is 5.62. The zero-order valence-electron chi connectivity index (χ0n) is 3.95. The van der Waals surface area contributed by atoms with Gasteiger partial charge < -0.3 is 5.32 Å². The summed E-state index contributed by atoms with van der Waals surface area (Å²) < 4.78 is 0. The minimum atomic E-state index is 0.116. The summed E-state index contributed by atoms with van der Waals surface area (Å²) >= 11 is 5.62. The van der Waals surface area contributed by atoms with Gasteiger partial charge in [-0.15, -0.1) is 11.6 Å². The Morgan fingerprint density at radius 1 is 1.71 bits per heavy atom. The number of halogens is 1. The van der Waals surface area contributed by atoms with Crippen LogP contribution in [0.2, 0.25) is 0 Å². The van der Waals surface area contributed by atoms with Crippen molar-refractivity contribution in [3.8, 4) is 0 Å². The molecule has 41 valence electrons. The molecule has 2 nitrogen and oxygen atoms in total. The smallest absolute Gasteiger partial charge is 0.0952 e. The minimum absolute atomic E-state index is 0.116. The summed E-state index contributed by atoms with van der Waals surface area (Å²) in [6.07, 6.45) is 0. The van der Waals surface area contributed by atoms with E-state index < -0.39 is 0 Å². The molecule has 0 aromatic carbocycles. The fourth-order valence-electron chi connectivity index (χ4n) is 0.518. The molecule has 1 unspecified atom stereocenters.